The summed E-state index contributed by atoms with van der Waals surface area (Å²) in [6.45, 7) is 5.39. The van der Waals surface area contributed by atoms with Crippen LogP contribution in [0.5, 0.6) is 0 Å². The number of hydrogen-bond donors (Lipinski definition) is 0. The first-order valence-corrected chi connectivity index (χ1v) is 11.2. The van der Waals surface area contributed by atoms with Crippen molar-refractivity contribution in [3.8, 4) is 0 Å². The molecule has 1 aromatic carbocycles. The summed E-state index contributed by atoms with van der Waals surface area (Å²) in [5.74, 6) is -1.06. The maximum absolute atomic E-state index is 12.6. The summed E-state index contributed by atoms with van der Waals surface area (Å²) in [5.41, 5.74) is 4.22. The first-order chi connectivity index (χ1) is 15.9. The molecule has 0 radical (unpaired) electrons. The van der Waals surface area contributed by atoms with Crippen molar-refractivity contribution in [3.63, 3.8) is 0 Å². The van der Waals surface area contributed by atoms with E-state index in [1.165, 1.54) is 5.01 Å². The Kier molecular flexibility index (Phi) is 8.54. The van der Waals surface area contributed by atoms with Gasteiger partial charge in [-0.05, 0) is 31.9 Å². The van der Waals surface area contributed by atoms with Crippen LogP contribution in [0.1, 0.15) is 53.0 Å². The molecular formula is C25H31N3O5. The number of carbonyl (C=O) groups is 3. The molecule has 0 fully saturated rings. The Hall–Kier alpha value is -3.26. The topological polar surface area (TPSA) is 90.2 Å². The van der Waals surface area contributed by atoms with Crippen molar-refractivity contribution in [2.24, 2.45) is 5.10 Å². The summed E-state index contributed by atoms with van der Waals surface area (Å²) in [4.78, 5) is 37.1. The first-order valence-electron chi connectivity index (χ1n) is 11.2. The Morgan fingerprint density at radius 1 is 1.09 bits per heavy atom. The van der Waals surface area contributed by atoms with E-state index in [9.17, 15) is 14.4 Å². The molecule has 0 saturated heterocycles. The lowest BCUT2D eigenvalue weighted by Crippen LogP contribution is -2.24. The molecule has 0 spiro atoms. The smallest absolute Gasteiger partial charge is 0.306 e. The number of rotatable bonds is 11. The van der Waals surface area contributed by atoms with Gasteiger partial charge in [0.25, 0.3) is 0 Å². The van der Waals surface area contributed by atoms with Crippen LogP contribution in [0, 0.1) is 13.8 Å². The number of methoxy groups -OCH3 is 1. The second-order valence-electron chi connectivity index (χ2n) is 8.05. The summed E-state index contributed by atoms with van der Waals surface area (Å²) in [6.07, 6.45) is 1.43. The van der Waals surface area contributed by atoms with E-state index in [1.54, 1.807) is 7.11 Å². The minimum absolute atomic E-state index is 0.00734. The standard InChI is InChI=1S/C25H31N3O5/c1-18-16-21(19(2)27(18)13-7-15-32-3)23(29)17-33-25(31)11-10-24(30)28-14-12-22(26-28)20-8-5-4-6-9-20/h4-6,8-9,16H,7,10-15,17H2,1-3H3. The monoisotopic (exact) mass is 453 g/mol. The fraction of sp³-hybridized carbons (Fsp3) is 0.440. The molecule has 8 nitrogen and oxygen atoms in total. The SMILES string of the molecule is COCCCn1c(C)cc(C(=O)COC(=O)CCC(=O)N2CCC(c3ccccc3)=N2)c1C. The zero-order valence-electron chi connectivity index (χ0n) is 19.5. The van der Waals surface area contributed by atoms with Gasteiger partial charge >= 0.3 is 5.97 Å². The van der Waals surface area contributed by atoms with Crippen LogP contribution in [0.2, 0.25) is 0 Å². The van der Waals surface area contributed by atoms with Gasteiger partial charge in [0, 0.05) is 50.1 Å². The van der Waals surface area contributed by atoms with E-state index >= 15 is 0 Å². The molecule has 3 rings (SSSR count). The van der Waals surface area contributed by atoms with Crippen molar-refractivity contribution >= 4 is 23.4 Å². The molecule has 33 heavy (non-hydrogen) atoms. The highest BCUT2D eigenvalue weighted by Gasteiger charge is 2.23. The van der Waals surface area contributed by atoms with Crippen molar-refractivity contribution in [2.75, 3.05) is 26.9 Å². The zero-order chi connectivity index (χ0) is 23.8. The zero-order valence-corrected chi connectivity index (χ0v) is 19.5. The van der Waals surface area contributed by atoms with E-state index in [-0.39, 0.29) is 31.1 Å². The van der Waals surface area contributed by atoms with Crippen molar-refractivity contribution < 1.29 is 23.9 Å². The van der Waals surface area contributed by atoms with E-state index < -0.39 is 5.97 Å². The highest BCUT2D eigenvalue weighted by atomic mass is 16.5. The van der Waals surface area contributed by atoms with Crippen molar-refractivity contribution in [3.05, 3.63) is 58.9 Å². The minimum Gasteiger partial charge on any atom is -0.457 e. The lowest BCUT2D eigenvalue weighted by molar-refractivity contribution is -0.145. The highest BCUT2D eigenvalue weighted by Crippen LogP contribution is 2.17. The van der Waals surface area contributed by atoms with Crippen LogP contribution in [-0.4, -0.2) is 59.8 Å². The second-order valence-corrected chi connectivity index (χ2v) is 8.05. The molecule has 0 saturated carbocycles. The Morgan fingerprint density at radius 2 is 1.85 bits per heavy atom. The van der Waals surface area contributed by atoms with Gasteiger partial charge in [-0.3, -0.25) is 14.4 Å². The summed E-state index contributed by atoms with van der Waals surface area (Å²) in [6, 6.07) is 11.5. The number of Topliss-reactive ketones (excluding diaryl/α,β-unsaturated/α-hetero) is 1. The molecule has 0 bridgehead atoms. The van der Waals surface area contributed by atoms with Gasteiger partial charge in [-0.2, -0.15) is 5.10 Å². The maximum Gasteiger partial charge on any atom is 0.306 e. The molecule has 0 unspecified atom stereocenters. The Morgan fingerprint density at radius 3 is 2.58 bits per heavy atom. The average molecular weight is 454 g/mol. The molecule has 1 aromatic heterocycles. The van der Waals surface area contributed by atoms with Crippen LogP contribution >= 0.6 is 0 Å². The molecule has 1 aliphatic rings. The molecular weight excluding hydrogens is 422 g/mol. The van der Waals surface area contributed by atoms with Gasteiger partial charge < -0.3 is 14.0 Å². The molecule has 2 heterocycles. The van der Waals surface area contributed by atoms with E-state index in [2.05, 4.69) is 9.67 Å². The largest absolute Gasteiger partial charge is 0.457 e. The summed E-state index contributed by atoms with van der Waals surface area (Å²) < 4.78 is 12.3. The van der Waals surface area contributed by atoms with Gasteiger partial charge in [-0.1, -0.05) is 30.3 Å². The number of ketones is 1. The van der Waals surface area contributed by atoms with Crippen LogP contribution in [0.4, 0.5) is 0 Å². The fourth-order valence-electron chi connectivity index (χ4n) is 3.90. The highest BCUT2D eigenvalue weighted by molar-refractivity contribution is 6.02. The number of aryl methyl sites for hydroxylation is 1. The van der Waals surface area contributed by atoms with Crippen molar-refractivity contribution in [2.45, 2.75) is 46.1 Å². The maximum atomic E-state index is 12.6. The van der Waals surface area contributed by atoms with E-state index in [0.717, 1.165) is 35.6 Å². The number of ether oxygens (including phenoxy) is 2. The molecule has 0 aliphatic carbocycles. The molecule has 2 aromatic rings. The second kappa shape index (κ2) is 11.6. The van der Waals surface area contributed by atoms with Gasteiger partial charge in [0.2, 0.25) is 11.7 Å². The van der Waals surface area contributed by atoms with Crippen molar-refractivity contribution in [1.82, 2.24) is 9.58 Å². The summed E-state index contributed by atoms with van der Waals surface area (Å²) >= 11 is 0. The number of hydrogen-bond acceptors (Lipinski definition) is 6. The number of carbonyl (C=O) groups excluding carboxylic acids is 3. The average Bonchev–Trinajstić information content (AvgIpc) is 3.42. The van der Waals surface area contributed by atoms with Crippen LogP contribution in [0.25, 0.3) is 0 Å². The Bertz CT molecular complexity index is 1030. The lowest BCUT2D eigenvalue weighted by Gasteiger charge is -2.11. The Balaban J connectivity index is 1.45. The van der Waals surface area contributed by atoms with Crippen LogP contribution < -0.4 is 0 Å². The number of amides is 1. The summed E-state index contributed by atoms with van der Waals surface area (Å²) in [5, 5.41) is 5.78. The third kappa shape index (κ3) is 6.38. The van der Waals surface area contributed by atoms with E-state index in [0.29, 0.717) is 25.1 Å². The number of nitrogens with zero attached hydrogens (tertiary/aromatic N) is 3. The van der Waals surface area contributed by atoms with Gasteiger partial charge in [0.15, 0.2) is 6.61 Å². The fourth-order valence-corrected chi connectivity index (χ4v) is 3.90. The number of esters is 1. The first kappa shape index (κ1) is 24.4. The predicted molar refractivity (Wildman–Crippen MR) is 124 cm³/mol. The molecule has 0 atom stereocenters. The normalized spacial score (nSPS) is 13.2. The minimum atomic E-state index is -0.572. The van der Waals surface area contributed by atoms with E-state index in [1.807, 2.05) is 50.2 Å². The van der Waals surface area contributed by atoms with Crippen LogP contribution in [0.15, 0.2) is 41.5 Å². The van der Waals surface area contributed by atoms with Crippen LogP contribution in [0.3, 0.4) is 0 Å². The van der Waals surface area contributed by atoms with Crippen molar-refractivity contribution in [1.29, 1.82) is 0 Å². The Labute approximate surface area is 194 Å². The number of aromatic nitrogens is 1. The lowest BCUT2D eigenvalue weighted by atomic mass is 10.1. The van der Waals surface area contributed by atoms with Gasteiger partial charge in [-0.15, -0.1) is 0 Å². The molecule has 8 heteroatoms. The summed E-state index contributed by atoms with van der Waals surface area (Å²) in [7, 11) is 1.66. The van der Waals surface area contributed by atoms with Crippen LogP contribution in [-0.2, 0) is 25.6 Å². The predicted octanol–water partition coefficient (Wildman–Crippen LogP) is 3.28. The molecule has 1 aliphatic heterocycles. The van der Waals surface area contributed by atoms with Gasteiger partial charge in [0.1, 0.15) is 0 Å². The number of benzene rings is 1. The van der Waals surface area contributed by atoms with E-state index in [4.69, 9.17) is 9.47 Å². The molecule has 0 N–H and O–H groups in total. The third-order valence-electron chi connectivity index (χ3n) is 5.71. The number of hydrazone groups is 1. The third-order valence-corrected chi connectivity index (χ3v) is 5.71. The molecule has 1 amide bonds. The quantitative estimate of drug-likeness (QED) is 0.296. The van der Waals surface area contributed by atoms with Gasteiger partial charge in [0.05, 0.1) is 18.7 Å². The molecule has 176 valence electrons. The van der Waals surface area contributed by atoms with Gasteiger partial charge in [-0.25, -0.2) is 5.01 Å².